The van der Waals surface area contributed by atoms with Gasteiger partial charge in [-0.15, -0.1) is 0 Å². The number of amides is 1. The van der Waals surface area contributed by atoms with Crippen molar-refractivity contribution in [2.75, 3.05) is 13.1 Å². The molecule has 2 N–H and O–H groups in total. The number of nitrogens with one attached hydrogen (secondary N) is 2. The molecular formula is C12H18N2OS. The number of rotatable bonds is 4. The summed E-state index contributed by atoms with van der Waals surface area (Å²) in [6.07, 6.45) is 4.26. The van der Waals surface area contributed by atoms with Crippen molar-refractivity contribution in [2.45, 2.75) is 31.7 Å². The van der Waals surface area contributed by atoms with E-state index in [1.807, 2.05) is 0 Å². The van der Waals surface area contributed by atoms with Gasteiger partial charge in [-0.1, -0.05) is 6.42 Å². The molecule has 1 aromatic rings. The van der Waals surface area contributed by atoms with Crippen LogP contribution in [-0.2, 0) is 11.2 Å². The molecule has 0 spiro atoms. The second kappa shape index (κ2) is 6.01. The Bertz CT molecular complexity index is 318. The summed E-state index contributed by atoms with van der Waals surface area (Å²) in [6, 6.07) is 2.14. The van der Waals surface area contributed by atoms with Crippen LogP contribution in [0.15, 0.2) is 16.8 Å². The molecule has 0 saturated carbocycles. The van der Waals surface area contributed by atoms with Crippen LogP contribution in [0.2, 0.25) is 0 Å². The molecule has 1 aliphatic rings. The molecule has 2 rings (SSSR count). The fraction of sp³-hybridized carbons (Fsp3) is 0.583. The third kappa shape index (κ3) is 3.32. The summed E-state index contributed by atoms with van der Waals surface area (Å²) in [4.78, 5) is 11.8. The van der Waals surface area contributed by atoms with Crippen LogP contribution in [0.1, 0.15) is 24.8 Å². The van der Waals surface area contributed by atoms with Crippen LogP contribution in [0.25, 0.3) is 0 Å². The first kappa shape index (κ1) is 11.6. The van der Waals surface area contributed by atoms with Crippen LogP contribution in [0.3, 0.4) is 0 Å². The Hall–Kier alpha value is -0.870. The van der Waals surface area contributed by atoms with E-state index >= 15 is 0 Å². The zero-order valence-corrected chi connectivity index (χ0v) is 10.2. The molecule has 0 aliphatic carbocycles. The van der Waals surface area contributed by atoms with E-state index in [9.17, 15) is 4.79 Å². The topological polar surface area (TPSA) is 41.1 Å². The molecule has 4 heteroatoms. The van der Waals surface area contributed by atoms with Gasteiger partial charge in [-0.2, -0.15) is 11.3 Å². The van der Waals surface area contributed by atoms with Crippen LogP contribution in [0, 0.1) is 0 Å². The summed E-state index contributed by atoms with van der Waals surface area (Å²) >= 11 is 1.70. The molecule has 0 aromatic carbocycles. The first-order chi connectivity index (χ1) is 7.86. The van der Waals surface area contributed by atoms with Crippen molar-refractivity contribution in [2.24, 2.45) is 0 Å². The van der Waals surface area contributed by atoms with Gasteiger partial charge in [-0.05, 0) is 48.2 Å². The minimum Gasteiger partial charge on any atom is -0.354 e. The van der Waals surface area contributed by atoms with E-state index in [4.69, 9.17) is 0 Å². The van der Waals surface area contributed by atoms with Gasteiger partial charge < -0.3 is 10.6 Å². The van der Waals surface area contributed by atoms with Gasteiger partial charge in [0.15, 0.2) is 0 Å². The van der Waals surface area contributed by atoms with Crippen molar-refractivity contribution < 1.29 is 4.79 Å². The van der Waals surface area contributed by atoms with Crippen molar-refractivity contribution in [3.05, 3.63) is 22.4 Å². The molecule has 1 aromatic heterocycles. The number of hydrogen-bond donors (Lipinski definition) is 2. The van der Waals surface area contributed by atoms with E-state index in [0.717, 1.165) is 32.4 Å². The number of thiophene rings is 1. The summed E-state index contributed by atoms with van der Waals surface area (Å²) in [6.45, 7) is 1.72. The van der Waals surface area contributed by atoms with Gasteiger partial charge in [-0.25, -0.2) is 0 Å². The first-order valence-electron chi connectivity index (χ1n) is 5.88. The smallest absolute Gasteiger partial charge is 0.237 e. The molecule has 3 nitrogen and oxygen atoms in total. The molecule has 0 radical (unpaired) electrons. The Balaban J connectivity index is 1.67. The van der Waals surface area contributed by atoms with Crippen molar-refractivity contribution >= 4 is 17.2 Å². The fourth-order valence-corrected chi connectivity index (χ4v) is 2.67. The van der Waals surface area contributed by atoms with Crippen molar-refractivity contribution in [3.63, 3.8) is 0 Å². The first-order valence-corrected chi connectivity index (χ1v) is 6.83. The Morgan fingerprint density at radius 1 is 1.56 bits per heavy atom. The van der Waals surface area contributed by atoms with Gasteiger partial charge in [0.05, 0.1) is 6.04 Å². The molecule has 1 aliphatic heterocycles. The number of carbonyl (C=O) groups excluding carboxylic acids is 1. The minimum atomic E-state index is 0.0382. The zero-order valence-electron chi connectivity index (χ0n) is 9.37. The SMILES string of the molecule is O=C(NCCc1ccsc1)C1CCCCN1. The maximum atomic E-state index is 11.8. The van der Waals surface area contributed by atoms with Crippen molar-refractivity contribution in [1.82, 2.24) is 10.6 Å². The fourth-order valence-electron chi connectivity index (χ4n) is 1.96. The number of carbonyl (C=O) groups is 1. The zero-order chi connectivity index (χ0) is 11.2. The van der Waals surface area contributed by atoms with Crippen LogP contribution in [0.5, 0.6) is 0 Å². The van der Waals surface area contributed by atoms with E-state index in [2.05, 4.69) is 27.5 Å². The van der Waals surface area contributed by atoms with Crippen molar-refractivity contribution in [3.8, 4) is 0 Å². The van der Waals surface area contributed by atoms with Gasteiger partial charge >= 0.3 is 0 Å². The van der Waals surface area contributed by atoms with E-state index < -0.39 is 0 Å². The Labute approximate surface area is 100 Å². The Morgan fingerprint density at radius 3 is 3.19 bits per heavy atom. The summed E-state index contributed by atoms with van der Waals surface area (Å²) in [7, 11) is 0. The Kier molecular flexibility index (Phi) is 4.36. The van der Waals surface area contributed by atoms with Crippen LogP contribution in [0.4, 0.5) is 0 Å². The number of piperidine rings is 1. The average molecular weight is 238 g/mol. The van der Waals surface area contributed by atoms with Gasteiger partial charge in [0, 0.05) is 6.54 Å². The maximum absolute atomic E-state index is 11.8. The summed E-state index contributed by atoms with van der Waals surface area (Å²) in [5.74, 6) is 0.162. The highest BCUT2D eigenvalue weighted by Gasteiger charge is 2.19. The highest BCUT2D eigenvalue weighted by molar-refractivity contribution is 7.07. The predicted molar refractivity (Wildman–Crippen MR) is 66.7 cm³/mol. The largest absolute Gasteiger partial charge is 0.354 e. The lowest BCUT2D eigenvalue weighted by atomic mass is 10.0. The summed E-state index contributed by atoms with van der Waals surface area (Å²) in [5, 5.41) is 10.4. The predicted octanol–water partition coefficient (Wildman–Crippen LogP) is 1.55. The third-order valence-electron chi connectivity index (χ3n) is 2.92. The second-order valence-electron chi connectivity index (χ2n) is 4.18. The lowest BCUT2D eigenvalue weighted by Crippen LogP contribution is -2.47. The molecule has 1 unspecified atom stereocenters. The lowest BCUT2D eigenvalue weighted by Gasteiger charge is -2.22. The van der Waals surface area contributed by atoms with E-state index in [-0.39, 0.29) is 11.9 Å². The highest BCUT2D eigenvalue weighted by atomic mass is 32.1. The molecule has 2 heterocycles. The normalized spacial score (nSPS) is 20.6. The highest BCUT2D eigenvalue weighted by Crippen LogP contribution is 2.08. The van der Waals surface area contributed by atoms with Gasteiger partial charge in [0.1, 0.15) is 0 Å². The lowest BCUT2D eigenvalue weighted by molar-refractivity contribution is -0.123. The van der Waals surface area contributed by atoms with Crippen LogP contribution >= 0.6 is 11.3 Å². The number of hydrogen-bond acceptors (Lipinski definition) is 3. The maximum Gasteiger partial charge on any atom is 0.237 e. The van der Waals surface area contributed by atoms with Crippen molar-refractivity contribution in [1.29, 1.82) is 0 Å². The van der Waals surface area contributed by atoms with E-state index in [1.54, 1.807) is 11.3 Å². The molecule has 88 valence electrons. The van der Waals surface area contributed by atoms with Crippen LogP contribution < -0.4 is 10.6 Å². The molecular weight excluding hydrogens is 220 g/mol. The molecule has 1 fully saturated rings. The summed E-state index contributed by atoms with van der Waals surface area (Å²) < 4.78 is 0. The van der Waals surface area contributed by atoms with Gasteiger partial charge in [-0.3, -0.25) is 4.79 Å². The van der Waals surface area contributed by atoms with Gasteiger partial charge in [0.2, 0.25) is 5.91 Å². The third-order valence-corrected chi connectivity index (χ3v) is 3.65. The molecule has 1 atom stereocenters. The molecule has 1 saturated heterocycles. The molecule has 1 amide bonds. The van der Waals surface area contributed by atoms with E-state index in [0.29, 0.717) is 0 Å². The molecule has 0 bridgehead atoms. The average Bonchev–Trinajstić information content (AvgIpc) is 2.83. The van der Waals surface area contributed by atoms with Crippen LogP contribution in [-0.4, -0.2) is 25.0 Å². The second-order valence-corrected chi connectivity index (χ2v) is 4.96. The minimum absolute atomic E-state index is 0.0382. The summed E-state index contributed by atoms with van der Waals surface area (Å²) in [5.41, 5.74) is 1.31. The monoisotopic (exact) mass is 238 g/mol. The standard InChI is InChI=1S/C12H18N2OS/c15-12(11-3-1-2-6-13-11)14-7-4-10-5-8-16-9-10/h5,8-9,11,13H,1-4,6-7H2,(H,14,15). The quantitative estimate of drug-likeness (QED) is 0.835. The molecule has 16 heavy (non-hydrogen) atoms. The van der Waals surface area contributed by atoms with E-state index in [1.165, 1.54) is 12.0 Å². The van der Waals surface area contributed by atoms with Gasteiger partial charge in [0.25, 0.3) is 0 Å². The Morgan fingerprint density at radius 2 is 2.50 bits per heavy atom.